The summed E-state index contributed by atoms with van der Waals surface area (Å²) in [6.07, 6.45) is 3.19. The molecule has 6 heteroatoms. The zero-order chi connectivity index (χ0) is 13.8. The lowest BCUT2D eigenvalue weighted by molar-refractivity contribution is 0.122. The van der Waals surface area contributed by atoms with Gasteiger partial charge in [0.25, 0.3) is 0 Å². The van der Waals surface area contributed by atoms with Crippen LogP contribution in [0.25, 0.3) is 0 Å². The lowest BCUT2D eigenvalue weighted by Crippen LogP contribution is -2.51. The molecule has 0 aromatic carbocycles. The fourth-order valence-electron chi connectivity index (χ4n) is 2.46. The SMILES string of the molecule is CC1CN(C)C(C)CC1NCCCNS(C)(=O)=O. The Morgan fingerprint density at radius 2 is 1.94 bits per heavy atom. The van der Waals surface area contributed by atoms with Gasteiger partial charge in [-0.2, -0.15) is 0 Å². The van der Waals surface area contributed by atoms with Crippen LogP contribution in [0.1, 0.15) is 26.7 Å². The first-order chi connectivity index (χ1) is 8.29. The maximum absolute atomic E-state index is 10.9. The van der Waals surface area contributed by atoms with Gasteiger partial charge in [0.05, 0.1) is 6.26 Å². The zero-order valence-corrected chi connectivity index (χ0v) is 12.8. The molecule has 1 aliphatic heterocycles. The zero-order valence-electron chi connectivity index (χ0n) is 11.9. The second-order valence-electron chi connectivity index (χ2n) is 5.58. The van der Waals surface area contributed by atoms with Crippen LogP contribution in [0, 0.1) is 5.92 Å². The summed E-state index contributed by atoms with van der Waals surface area (Å²) in [6, 6.07) is 1.17. The maximum Gasteiger partial charge on any atom is 0.208 e. The number of sulfonamides is 1. The third-order valence-corrected chi connectivity index (χ3v) is 4.46. The molecule has 0 radical (unpaired) electrons. The Morgan fingerprint density at radius 1 is 1.28 bits per heavy atom. The average Bonchev–Trinajstić information content (AvgIpc) is 2.23. The highest BCUT2D eigenvalue weighted by atomic mass is 32.2. The average molecular weight is 277 g/mol. The standard InChI is InChI=1S/C12H27N3O2S/c1-10-9-15(3)11(2)8-12(10)13-6-5-7-14-18(4,16)17/h10-14H,5-9H2,1-4H3. The summed E-state index contributed by atoms with van der Waals surface area (Å²) in [5.41, 5.74) is 0. The van der Waals surface area contributed by atoms with E-state index in [1.165, 1.54) is 6.26 Å². The number of likely N-dealkylation sites (tertiary alicyclic amines) is 1. The monoisotopic (exact) mass is 277 g/mol. The number of nitrogens with zero attached hydrogens (tertiary/aromatic N) is 1. The Bertz CT molecular complexity index is 345. The molecule has 2 N–H and O–H groups in total. The van der Waals surface area contributed by atoms with Crippen LogP contribution < -0.4 is 10.0 Å². The third-order valence-electron chi connectivity index (χ3n) is 3.73. The van der Waals surface area contributed by atoms with Crippen molar-refractivity contribution in [1.82, 2.24) is 14.9 Å². The molecule has 0 aromatic rings. The van der Waals surface area contributed by atoms with E-state index in [0.717, 1.165) is 25.9 Å². The van der Waals surface area contributed by atoms with Crippen molar-refractivity contribution in [1.29, 1.82) is 0 Å². The Morgan fingerprint density at radius 3 is 2.56 bits per heavy atom. The molecule has 5 nitrogen and oxygen atoms in total. The van der Waals surface area contributed by atoms with E-state index in [4.69, 9.17) is 0 Å². The van der Waals surface area contributed by atoms with Gasteiger partial charge in [-0.3, -0.25) is 0 Å². The van der Waals surface area contributed by atoms with Gasteiger partial charge < -0.3 is 10.2 Å². The Hall–Kier alpha value is -0.170. The van der Waals surface area contributed by atoms with Gasteiger partial charge in [0.1, 0.15) is 0 Å². The molecule has 1 rings (SSSR count). The summed E-state index contributed by atoms with van der Waals surface area (Å²) in [4.78, 5) is 2.40. The van der Waals surface area contributed by atoms with Crippen molar-refractivity contribution in [3.05, 3.63) is 0 Å². The third kappa shape index (κ3) is 5.65. The van der Waals surface area contributed by atoms with Crippen LogP contribution in [-0.2, 0) is 10.0 Å². The molecule has 1 heterocycles. The molecule has 0 aromatic heterocycles. The summed E-state index contributed by atoms with van der Waals surface area (Å²) < 4.78 is 24.3. The van der Waals surface area contributed by atoms with E-state index in [1.807, 2.05) is 0 Å². The summed E-state index contributed by atoms with van der Waals surface area (Å²) >= 11 is 0. The van der Waals surface area contributed by atoms with Gasteiger partial charge in [0.15, 0.2) is 0 Å². The Balaban J connectivity index is 2.19. The van der Waals surface area contributed by atoms with Crippen LogP contribution in [0.3, 0.4) is 0 Å². The number of rotatable bonds is 6. The van der Waals surface area contributed by atoms with Gasteiger partial charge in [-0.05, 0) is 39.3 Å². The minimum absolute atomic E-state index is 0.516. The molecule has 1 fully saturated rings. The van der Waals surface area contributed by atoms with Gasteiger partial charge in [-0.15, -0.1) is 0 Å². The van der Waals surface area contributed by atoms with Crippen molar-refractivity contribution in [3.63, 3.8) is 0 Å². The molecule has 0 amide bonds. The number of nitrogens with one attached hydrogen (secondary N) is 2. The summed E-state index contributed by atoms with van der Waals surface area (Å²) in [5, 5.41) is 3.55. The highest BCUT2D eigenvalue weighted by Crippen LogP contribution is 2.20. The molecule has 0 aliphatic carbocycles. The van der Waals surface area contributed by atoms with E-state index in [9.17, 15) is 8.42 Å². The largest absolute Gasteiger partial charge is 0.314 e. The van der Waals surface area contributed by atoms with E-state index >= 15 is 0 Å². The number of piperidine rings is 1. The highest BCUT2D eigenvalue weighted by Gasteiger charge is 2.28. The van der Waals surface area contributed by atoms with Crippen molar-refractivity contribution in [2.75, 3.05) is 32.9 Å². The van der Waals surface area contributed by atoms with Crippen LogP contribution in [0.15, 0.2) is 0 Å². The van der Waals surface area contributed by atoms with Crippen molar-refractivity contribution in [3.8, 4) is 0 Å². The molecular weight excluding hydrogens is 250 g/mol. The summed E-state index contributed by atoms with van der Waals surface area (Å²) in [7, 11) is -0.867. The second kappa shape index (κ2) is 6.84. The van der Waals surface area contributed by atoms with Crippen molar-refractivity contribution < 1.29 is 8.42 Å². The summed E-state index contributed by atoms with van der Waals surface area (Å²) in [5.74, 6) is 0.647. The van der Waals surface area contributed by atoms with E-state index in [1.54, 1.807) is 0 Å². The van der Waals surface area contributed by atoms with Gasteiger partial charge >= 0.3 is 0 Å². The first kappa shape index (κ1) is 15.9. The maximum atomic E-state index is 10.9. The van der Waals surface area contributed by atoms with E-state index < -0.39 is 10.0 Å². The molecule has 3 atom stereocenters. The number of hydrogen-bond acceptors (Lipinski definition) is 4. The Kier molecular flexibility index (Phi) is 6.04. The van der Waals surface area contributed by atoms with Crippen LogP contribution in [0.4, 0.5) is 0 Å². The lowest BCUT2D eigenvalue weighted by atomic mass is 9.90. The van der Waals surface area contributed by atoms with E-state index in [2.05, 4.69) is 35.8 Å². The molecule has 0 saturated carbocycles. The van der Waals surface area contributed by atoms with Crippen molar-refractivity contribution in [2.45, 2.75) is 38.8 Å². The molecule has 0 spiro atoms. The molecular formula is C12H27N3O2S. The molecule has 1 saturated heterocycles. The van der Waals surface area contributed by atoms with Gasteiger partial charge in [0, 0.05) is 25.2 Å². The fourth-order valence-corrected chi connectivity index (χ4v) is 2.97. The second-order valence-corrected chi connectivity index (χ2v) is 7.42. The van der Waals surface area contributed by atoms with Crippen molar-refractivity contribution in [2.24, 2.45) is 5.92 Å². The van der Waals surface area contributed by atoms with Gasteiger partial charge in [-0.1, -0.05) is 6.92 Å². The minimum atomic E-state index is -3.04. The molecule has 3 unspecified atom stereocenters. The summed E-state index contributed by atoms with van der Waals surface area (Å²) in [6.45, 7) is 7.04. The van der Waals surface area contributed by atoms with Crippen molar-refractivity contribution >= 4 is 10.0 Å². The van der Waals surface area contributed by atoms with E-state index in [0.29, 0.717) is 24.5 Å². The first-order valence-corrected chi connectivity index (χ1v) is 8.57. The van der Waals surface area contributed by atoms with Crippen LogP contribution in [0.2, 0.25) is 0 Å². The predicted molar refractivity (Wildman–Crippen MR) is 75.1 cm³/mol. The number of hydrogen-bond donors (Lipinski definition) is 2. The normalized spacial score (nSPS) is 30.6. The predicted octanol–water partition coefficient (Wildman–Crippen LogP) is 0.244. The smallest absolute Gasteiger partial charge is 0.208 e. The Labute approximate surface area is 111 Å². The molecule has 18 heavy (non-hydrogen) atoms. The van der Waals surface area contributed by atoms with Gasteiger partial charge in [0.2, 0.25) is 10.0 Å². The topological polar surface area (TPSA) is 61.4 Å². The van der Waals surface area contributed by atoms with Crippen LogP contribution >= 0.6 is 0 Å². The van der Waals surface area contributed by atoms with Gasteiger partial charge in [-0.25, -0.2) is 13.1 Å². The fraction of sp³-hybridized carbons (Fsp3) is 1.00. The van der Waals surface area contributed by atoms with E-state index in [-0.39, 0.29) is 0 Å². The molecule has 108 valence electrons. The quantitative estimate of drug-likeness (QED) is 0.683. The van der Waals surface area contributed by atoms with Crippen LogP contribution in [-0.4, -0.2) is 58.3 Å². The first-order valence-electron chi connectivity index (χ1n) is 6.68. The highest BCUT2D eigenvalue weighted by molar-refractivity contribution is 7.88. The minimum Gasteiger partial charge on any atom is -0.314 e. The molecule has 0 bridgehead atoms. The lowest BCUT2D eigenvalue weighted by Gasteiger charge is -2.40. The van der Waals surface area contributed by atoms with Crippen LogP contribution in [0.5, 0.6) is 0 Å². The molecule has 1 aliphatic rings.